The predicted molar refractivity (Wildman–Crippen MR) is 50.0 cm³/mol. The predicted octanol–water partition coefficient (Wildman–Crippen LogP) is 2.39. The number of ketones is 1. The average molecular weight is 285 g/mol. The van der Waals surface area contributed by atoms with Gasteiger partial charge in [-0.25, -0.2) is 0 Å². The lowest BCUT2D eigenvalue weighted by Gasteiger charge is -2.13. The fourth-order valence-corrected chi connectivity index (χ4v) is 1.23. The zero-order valence-corrected chi connectivity index (χ0v) is 8.89. The maximum atomic E-state index is 12.4. The Bertz CT molecular complexity index is 500. The fourth-order valence-electron chi connectivity index (χ4n) is 1.23. The van der Waals surface area contributed by atoms with Gasteiger partial charge in [0, 0.05) is 5.56 Å². The Morgan fingerprint density at radius 1 is 0.842 bits per heavy atom. The first-order valence-corrected chi connectivity index (χ1v) is 4.56. The van der Waals surface area contributed by atoms with Crippen LogP contribution < -0.4 is 5.73 Å². The Labute approximate surface area is 102 Å². The summed E-state index contributed by atoms with van der Waals surface area (Å²) in [6.07, 6.45) is -10.2. The molecule has 3 nitrogen and oxygen atoms in total. The number of halogens is 6. The van der Waals surface area contributed by atoms with Gasteiger partial charge in [-0.05, 0) is 18.2 Å². The van der Waals surface area contributed by atoms with Crippen LogP contribution in [-0.2, 0) is 17.1 Å². The van der Waals surface area contributed by atoms with E-state index >= 15 is 0 Å². The van der Waals surface area contributed by atoms with Crippen LogP contribution in [0.2, 0.25) is 0 Å². The highest BCUT2D eigenvalue weighted by Gasteiger charge is 2.37. The van der Waals surface area contributed by atoms with Crippen LogP contribution in [0.1, 0.15) is 21.5 Å². The number of Topliss-reactive ketones (excluding diaryl/α,β-unsaturated/α-hetero) is 1. The van der Waals surface area contributed by atoms with Crippen molar-refractivity contribution in [3.8, 4) is 0 Å². The quantitative estimate of drug-likeness (QED) is 0.515. The van der Waals surface area contributed by atoms with Crippen molar-refractivity contribution in [1.29, 1.82) is 0 Å². The number of alkyl halides is 6. The molecule has 19 heavy (non-hydrogen) atoms. The Morgan fingerprint density at radius 2 is 1.21 bits per heavy atom. The Hall–Kier alpha value is -2.06. The van der Waals surface area contributed by atoms with E-state index in [9.17, 15) is 35.9 Å². The van der Waals surface area contributed by atoms with E-state index in [-0.39, 0.29) is 18.2 Å². The Morgan fingerprint density at radius 3 is 1.47 bits per heavy atom. The van der Waals surface area contributed by atoms with E-state index in [0.29, 0.717) is 0 Å². The van der Waals surface area contributed by atoms with Crippen LogP contribution >= 0.6 is 0 Å². The number of amides is 1. The summed E-state index contributed by atoms with van der Waals surface area (Å²) in [7, 11) is 0. The van der Waals surface area contributed by atoms with E-state index in [4.69, 9.17) is 0 Å². The summed E-state index contributed by atoms with van der Waals surface area (Å²) in [5.74, 6) is -3.27. The van der Waals surface area contributed by atoms with E-state index in [1.807, 2.05) is 0 Å². The minimum absolute atomic E-state index is 0.141. The van der Waals surface area contributed by atoms with E-state index in [2.05, 4.69) is 5.73 Å². The second-order valence-electron chi connectivity index (χ2n) is 3.49. The molecule has 0 aromatic heterocycles. The molecule has 0 heterocycles. The van der Waals surface area contributed by atoms with Crippen LogP contribution in [0.15, 0.2) is 18.2 Å². The van der Waals surface area contributed by atoms with Crippen LogP contribution in [-0.4, -0.2) is 11.7 Å². The van der Waals surface area contributed by atoms with Crippen LogP contribution in [0.3, 0.4) is 0 Å². The molecule has 2 N–H and O–H groups in total. The summed E-state index contributed by atoms with van der Waals surface area (Å²) in [5.41, 5.74) is 0.0987. The van der Waals surface area contributed by atoms with Crippen molar-refractivity contribution in [3.63, 3.8) is 0 Å². The van der Waals surface area contributed by atoms with Crippen molar-refractivity contribution in [2.45, 2.75) is 12.4 Å². The largest absolute Gasteiger partial charge is 0.416 e. The zero-order chi connectivity index (χ0) is 15.0. The number of primary amides is 1. The van der Waals surface area contributed by atoms with Gasteiger partial charge in [-0.15, -0.1) is 0 Å². The molecule has 0 saturated heterocycles. The molecule has 1 rings (SSSR count). The molecular weight excluding hydrogens is 280 g/mol. The van der Waals surface area contributed by atoms with Gasteiger partial charge in [0.2, 0.25) is 5.78 Å². The topological polar surface area (TPSA) is 60.2 Å². The van der Waals surface area contributed by atoms with E-state index in [1.54, 1.807) is 0 Å². The molecule has 1 amide bonds. The lowest BCUT2D eigenvalue weighted by Crippen LogP contribution is -2.24. The number of hydrogen-bond acceptors (Lipinski definition) is 2. The Balaban J connectivity index is 3.50. The molecule has 104 valence electrons. The number of nitrogens with two attached hydrogens (primary N) is 1. The van der Waals surface area contributed by atoms with Crippen molar-refractivity contribution in [1.82, 2.24) is 0 Å². The monoisotopic (exact) mass is 285 g/mol. The third kappa shape index (κ3) is 3.46. The van der Waals surface area contributed by atoms with Gasteiger partial charge in [-0.3, -0.25) is 9.59 Å². The normalized spacial score (nSPS) is 12.3. The second kappa shape index (κ2) is 4.56. The molecule has 0 unspecified atom stereocenters. The Kier molecular flexibility index (Phi) is 3.60. The molecular formula is C10H5F6NO2. The smallest absolute Gasteiger partial charge is 0.363 e. The van der Waals surface area contributed by atoms with Crippen molar-refractivity contribution in [2.75, 3.05) is 0 Å². The van der Waals surface area contributed by atoms with Gasteiger partial charge >= 0.3 is 12.4 Å². The third-order valence-corrected chi connectivity index (χ3v) is 2.07. The minimum Gasteiger partial charge on any atom is -0.363 e. The molecule has 0 aliphatic heterocycles. The van der Waals surface area contributed by atoms with E-state index in [1.165, 1.54) is 0 Å². The zero-order valence-electron chi connectivity index (χ0n) is 8.89. The number of rotatable bonds is 2. The first kappa shape index (κ1) is 15.0. The van der Waals surface area contributed by atoms with E-state index < -0.39 is 40.7 Å². The molecule has 0 saturated carbocycles. The van der Waals surface area contributed by atoms with Crippen LogP contribution in [0, 0.1) is 0 Å². The van der Waals surface area contributed by atoms with Crippen molar-refractivity contribution >= 4 is 11.7 Å². The molecule has 9 heteroatoms. The number of carbonyl (C=O) groups excluding carboxylic acids is 2. The van der Waals surface area contributed by atoms with Crippen molar-refractivity contribution in [2.24, 2.45) is 5.73 Å². The number of hydrogen-bond donors (Lipinski definition) is 1. The third-order valence-electron chi connectivity index (χ3n) is 2.07. The molecule has 0 bridgehead atoms. The summed E-state index contributed by atoms with van der Waals surface area (Å²) < 4.78 is 74.4. The van der Waals surface area contributed by atoms with Gasteiger partial charge in [0.15, 0.2) is 0 Å². The average Bonchev–Trinajstić information content (AvgIpc) is 2.24. The SMILES string of the molecule is NC(=O)C(=O)c1cc(C(F)(F)F)cc(C(F)(F)F)c1. The molecule has 0 aliphatic carbocycles. The van der Waals surface area contributed by atoms with Crippen LogP contribution in [0.4, 0.5) is 26.3 Å². The van der Waals surface area contributed by atoms with E-state index in [0.717, 1.165) is 0 Å². The maximum absolute atomic E-state index is 12.4. The van der Waals surface area contributed by atoms with Gasteiger partial charge < -0.3 is 5.73 Å². The van der Waals surface area contributed by atoms with Gasteiger partial charge in [-0.2, -0.15) is 26.3 Å². The summed E-state index contributed by atoms with van der Waals surface area (Å²) >= 11 is 0. The fraction of sp³-hybridized carbons (Fsp3) is 0.200. The summed E-state index contributed by atoms with van der Waals surface area (Å²) in [4.78, 5) is 21.6. The first-order valence-electron chi connectivity index (χ1n) is 4.56. The minimum atomic E-state index is -5.09. The summed E-state index contributed by atoms with van der Waals surface area (Å²) in [6.45, 7) is 0. The highest BCUT2D eigenvalue weighted by Crippen LogP contribution is 2.36. The summed E-state index contributed by atoms with van der Waals surface area (Å²) in [5, 5.41) is 0. The number of benzene rings is 1. The highest BCUT2D eigenvalue weighted by molar-refractivity contribution is 6.42. The van der Waals surface area contributed by atoms with Crippen molar-refractivity contribution < 1.29 is 35.9 Å². The maximum Gasteiger partial charge on any atom is 0.416 e. The van der Waals surface area contributed by atoms with Gasteiger partial charge in [0.25, 0.3) is 5.91 Å². The first-order chi connectivity index (χ1) is 8.43. The molecule has 1 aromatic carbocycles. The van der Waals surface area contributed by atoms with Crippen LogP contribution in [0.5, 0.6) is 0 Å². The van der Waals surface area contributed by atoms with Gasteiger partial charge in [0.05, 0.1) is 11.1 Å². The van der Waals surface area contributed by atoms with Crippen LogP contribution in [0.25, 0.3) is 0 Å². The summed E-state index contributed by atoms with van der Waals surface area (Å²) in [6, 6.07) is 0.127. The molecule has 0 aliphatic rings. The molecule has 0 radical (unpaired) electrons. The van der Waals surface area contributed by atoms with Gasteiger partial charge in [-0.1, -0.05) is 0 Å². The lowest BCUT2D eigenvalue weighted by molar-refractivity contribution is -0.143. The highest BCUT2D eigenvalue weighted by atomic mass is 19.4. The molecule has 0 spiro atoms. The molecule has 0 fully saturated rings. The van der Waals surface area contributed by atoms with Crippen molar-refractivity contribution in [3.05, 3.63) is 34.9 Å². The molecule has 1 aromatic rings. The number of carbonyl (C=O) groups is 2. The lowest BCUT2D eigenvalue weighted by atomic mass is 10.0. The van der Waals surface area contributed by atoms with Gasteiger partial charge in [0.1, 0.15) is 0 Å². The standard InChI is InChI=1S/C10H5F6NO2/c11-9(12,13)5-1-4(7(18)8(17)19)2-6(3-5)10(14,15)16/h1-3H,(H2,17,19). The second-order valence-corrected chi connectivity index (χ2v) is 3.49. The molecule has 0 atom stereocenters.